The van der Waals surface area contributed by atoms with Gasteiger partial charge in [-0.3, -0.25) is 4.68 Å². The number of hydrogen-bond acceptors (Lipinski definition) is 5. The summed E-state index contributed by atoms with van der Waals surface area (Å²) in [5, 5.41) is 6.52. The quantitative estimate of drug-likeness (QED) is 0.798. The lowest BCUT2D eigenvalue weighted by atomic mass is 10.1. The average molecular weight is 383 g/mol. The van der Waals surface area contributed by atoms with Gasteiger partial charge in [-0.1, -0.05) is 6.07 Å². The van der Waals surface area contributed by atoms with E-state index >= 15 is 0 Å². The summed E-state index contributed by atoms with van der Waals surface area (Å²) in [5.74, 6) is 0. The first-order valence-corrected chi connectivity index (χ1v) is 10.9. The summed E-state index contributed by atoms with van der Waals surface area (Å²) < 4.78 is 30.0. The highest BCUT2D eigenvalue weighted by molar-refractivity contribution is 7.89. The normalized spacial score (nSPS) is 17.7. The molecule has 3 heterocycles. The Balaban J connectivity index is 1.99. The first kappa shape index (κ1) is 18.6. The van der Waals surface area contributed by atoms with Crippen LogP contribution >= 0.6 is 11.3 Å². The molecule has 25 heavy (non-hydrogen) atoms. The van der Waals surface area contributed by atoms with Crippen molar-refractivity contribution in [2.75, 3.05) is 27.2 Å². The second kappa shape index (κ2) is 7.19. The molecule has 1 aliphatic rings. The third-order valence-electron chi connectivity index (χ3n) is 4.84. The Morgan fingerprint density at radius 2 is 2.00 bits per heavy atom. The van der Waals surface area contributed by atoms with E-state index in [1.165, 1.54) is 11.3 Å². The lowest BCUT2D eigenvalue weighted by Gasteiger charge is -2.34. The number of thiophene rings is 1. The number of hydrogen-bond donors (Lipinski definition) is 0. The molecule has 0 aromatic carbocycles. The third-order valence-corrected chi connectivity index (χ3v) is 7.63. The lowest BCUT2D eigenvalue weighted by Crippen LogP contribution is -2.44. The zero-order chi connectivity index (χ0) is 18.2. The first-order valence-electron chi connectivity index (χ1n) is 8.60. The molecule has 2 aromatic rings. The van der Waals surface area contributed by atoms with Gasteiger partial charge in [-0.25, -0.2) is 8.42 Å². The van der Waals surface area contributed by atoms with Crippen molar-refractivity contribution in [2.24, 2.45) is 0 Å². The molecule has 3 rings (SSSR count). The minimum atomic E-state index is -3.59. The van der Waals surface area contributed by atoms with Crippen LogP contribution in [-0.2, 0) is 10.0 Å². The van der Waals surface area contributed by atoms with E-state index in [1.54, 1.807) is 22.2 Å². The molecule has 0 N–H and O–H groups in total. The van der Waals surface area contributed by atoms with Crippen molar-refractivity contribution >= 4 is 21.4 Å². The van der Waals surface area contributed by atoms with E-state index in [0.717, 1.165) is 30.8 Å². The van der Waals surface area contributed by atoms with Gasteiger partial charge in [0.05, 0.1) is 4.88 Å². The van der Waals surface area contributed by atoms with Gasteiger partial charge in [0.15, 0.2) is 0 Å². The Morgan fingerprint density at radius 3 is 2.56 bits per heavy atom. The third kappa shape index (κ3) is 3.67. The minimum Gasteiger partial charge on any atom is -0.306 e. The second-order valence-electron chi connectivity index (χ2n) is 6.95. The van der Waals surface area contributed by atoms with Gasteiger partial charge in [0.1, 0.15) is 10.6 Å². The van der Waals surface area contributed by atoms with Crippen molar-refractivity contribution < 1.29 is 8.42 Å². The van der Waals surface area contributed by atoms with Gasteiger partial charge in [-0.05, 0) is 58.3 Å². The summed E-state index contributed by atoms with van der Waals surface area (Å²) in [4.78, 5) is 3.44. The molecule has 0 radical (unpaired) electrons. The Hall–Kier alpha value is -1.22. The standard InChI is InChI=1S/C17H26N4O2S2/c1-13(2)21-12-16(17(18-21)15-6-5-11-24-15)25(22,23)20(4)14-7-9-19(3)10-8-14/h5-6,11-14H,7-10H2,1-4H3. The Bertz CT molecular complexity index is 804. The van der Waals surface area contributed by atoms with Crippen molar-refractivity contribution in [3.05, 3.63) is 23.7 Å². The topological polar surface area (TPSA) is 58.4 Å². The molecular formula is C17H26N4O2S2. The van der Waals surface area contributed by atoms with E-state index in [1.807, 2.05) is 31.4 Å². The molecule has 138 valence electrons. The van der Waals surface area contributed by atoms with Crippen molar-refractivity contribution in [1.29, 1.82) is 0 Å². The first-order chi connectivity index (χ1) is 11.8. The molecule has 0 spiro atoms. The highest BCUT2D eigenvalue weighted by Crippen LogP contribution is 2.33. The van der Waals surface area contributed by atoms with Gasteiger partial charge in [0.2, 0.25) is 10.0 Å². The number of piperidine rings is 1. The Kier molecular flexibility index (Phi) is 5.34. The monoisotopic (exact) mass is 382 g/mol. The summed E-state index contributed by atoms with van der Waals surface area (Å²) in [7, 11) is 0.193. The number of sulfonamides is 1. The molecule has 8 heteroatoms. The SMILES string of the molecule is CC(C)n1cc(S(=O)(=O)N(C)C2CCN(C)CC2)c(-c2cccs2)n1. The number of aromatic nitrogens is 2. The van der Waals surface area contributed by atoms with Crippen molar-refractivity contribution in [3.8, 4) is 10.6 Å². The highest BCUT2D eigenvalue weighted by atomic mass is 32.2. The maximum atomic E-state index is 13.3. The fourth-order valence-electron chi connectivity index (χ4n) is 3.12. The van der Waals surface area contributed by atoms with E-state index in [9.17, 15) is 8.42 Å². The lowest BCUT2D eigenvalue weighted by molar-refractivity contribution is 0.197. The van der Waals surface area contributed by atoms with Gasteiger partial charge < -0.3 is 4.90 Å². The summed E-state index contributed by atoms with van der Waals surface area (Å²) >= 11 is 1.51. The van der Waals surface area contributed by atoms with Crippen LogP contribution in [0.2, 0.25) is 0 Å². The van der Waals surface area contributed by atoms with Crippen molar-refractivity contribution in [1.82, 2.24) is 19.0 Å². The van der Waals surface area contributed by atoms with Gasteiger partial charge in [0.25, 0.3) is 0 Å². The molecule has 0 amide bonds. The summed E-state index contributed by atoms with van der Waals surface area (Å²) in [6, 6.07) is 3.99. The molecule has 2 aromatic heterocycles. The van der Waals surface area contributed by atoms with Crippen LogP contribution in [0.1, 0.15) is 32.7 Å². The molecule has 1 aliphatic heterocycles. The van der Waals surface area contributed by atoms with Gasteiger partial charge >= 0.3 is 0 Å². The number of nitrogens with zero attached hydrogens (tertiary/aromatic N) is 4. The van der Waals surface area contributed by atoms with Crippen LogP contribution in [0.15, 0.2) is 28.6 Å². The average Bonchev–Trinajstić information content (AvgIpc) is 3.24. The minimum absolute atomic E-state index is 0.0415. The maximum Gasteiger partial charge on any atom is 0.246 e. The molecule has 0 atom stereocenters. The summed E-state index contributed by atoms with van der Waals surface area (Å²) in [6.07, 6.45) is 3.40. The van der Waals surface area contributed by atoms with Crippen LogP contribution in [0, 0.1) is 0 Å². The summed E-state index contributed by atoms with van der Waals surface area (Å²) in [6.45, 7) is 5.85. The maximum absolute atomic E-state index is 13.3. The zero-order valence-electron chi connectivity index (χ0n) is 15.2. The van der Waals surface area contributed by atoms with E-state index in [2.05, 4.69) is 17.0 Å². The fourth-order valence-corrected chi connectivity index (χ4v) is 5.46. The van der Waals surface area contributed by atoms with Crippen molar-refractivity contribution in [2.45, 2.75) is 43.7 Å². The van der Waals surface area contributed by atoms with Crippen LogP contribution in [-0.4, -0.2) is 60.6 Å². The summed E-state index contributed by atoms with van der Waals surface area (Å²) in [5.41, 5.74) is 0.559. The Labute approximate surface area is 154 Å². The molecule has 0 unspecified atom stereocenters. The van der Waals surface area contributed by atoms with Gasteiger partial charge in [-0.15, -0.1) is 11.3 Å². The fraction of sp³-hybridized carbons (Fsp3) is 0.588. The van der Waals surface area contributed by atoms with Gasteiger partial charge in [-0.2, -0.15) is 9.40 Å². The molecule has 0 saturated carbocycles. The predicted octanol–water partition coefficient (Wildman–Crippen LogP) is 2.91. The smallest absolute Gasteiger partial charge is 0.246 e. The zero-order valence-corrected chi connectivity index (χ0v) is 16.8. The number of likely N-dealkylation sites (tertiary alicyclic amines) is 1. The molecular weight excluding hydrogens is 356 g/mol. The molecule has 1 saturated heterocycles. The van der Waals surface area contributed by atoms with Crippen LogP contribution < -0.4 is 0 Å². The van der Waals surface area contributed by atoms with E-state index < -0.39 is 10.0 Å². The molecule has 0 aliphatic carbocycles. The van der Waals surface area contributed by atoms with Crippen LogP contribution in [0.25, 0.3) is 10.6 Å². The van der Waals surface area contributed by atoms with Crippen molar-refractivity contribution in [3.63, 3.8) is 0 Å². The van der Waals surface area contributed by atoms with Gasteiger partial charge in [0, 0.05) is 25.3 Å². The highest BCUT2D eigenvalue weighted by Gasteiger charge is 2.34. The number of rotatable bonds is 5. The van der Waals surface area contributed by atoms with E-state index in [-0.39, 0.29) is 12.1 Å². The second-order valence-corrected chi connectivity index (χ2v) is 9.86. The molecule has 6 nitrogen and oxygen atoms in total. The Morgan fingerprint density at radius 1 is 1.32 bits per heavy atom. The predicted molar refractivity (Wildman–Crippen MR) is 101 cm³/mol. The van der Waals surface area contributed by atoms with Crippen LogP contribution in [0.5, 0.6) is 0 Å². The van der Waals surface area contributed by atoms with E-state index in [4.69, 9.17) is 0 Å². The van der Waals surface area contributed by atoms with Crippen LogP contribution in [0.3, 0.4) is 0 Å². The molecule has 0 bridgehead atoms. The largest absolute Gasteiger partial charge is 0.306 e. The molecule has 1 fully saturated rings. The van der Waals surface area contributed by atoms with E-state index in [0.29, 0.717) is 10.6 Å². The van der Waals surface area contributed by atoms with Crippen LogP contribution in [0.4, 0.5) is 0 Å².